The smallest absolute Gasteiger partial charge is 0.326 e. The molecule has 0 saturated carbocycles. The Hall–Kier alpha value is -1.92. The van der Waals surface area contributed by atoms with E-state index in [0.29, 0.717) is 19.6 Å². The van der Waals surface area contributed by atoms with Crippen LogP contribution in [0.25, 0.3) is 0 Å². The third kappa shape index (κ3) is 5.04. The van der Waals surface area contributed by atoms with Gasteiger partial charge in [-0.05, 0) is 11.5 Å². The number of ether oxygens (including phenoxy) is 1. The number of carboxylic acids is 1. The first-order chi connectivity index (χ1) is 11.5. The standard InChI is InChI=1S/C18H26N2O4/c1-3-13(2)16(18(22)23)19-17(21)15-12-20(9-10-24-15)11-14-7-5-4-6-8-14/h4-8,13,15-16H,3,9-12H2,1-2H3,(H,19,21)(H,22,23)/t13-,15-,16-/m0/s1. The summed E-state index contributed by atoms with van der Waals surface area (Å²) < 4.78 is 5.56. The Morgan fingerprint density at radius 2 is 2.08 bits per heavy atom. The van der Waals surface area contributed by atoms with Gasteiger partial charge in [-0.25, -0.2) is 4.79 Å². The maximum absolute atomic E-state index is 12.4. The van der Waals surface area contributed by atoms with Crippen LogP contribution in [0.3, 0.4) is 0 Å². The lowest BCUT2D eigenvalue weighted by Crippen LogP contribution is -2.54. The van der Waals surface area contributed by atoms with Gasteiger partial charge in [0.05, 0.1) is 6.61 Å². The molecular formula is C18H26N2O4. The Balaban J connectivity index is 1.93. The summed E-state index contributed by atoms with van der Waals surface area (Å²) in [5.74, 6) is -1.48. The molecule has 1 aliphatic rings. The molecule has 1 fully saturated rings. The predicted molar refractivity (Wildman–Crippen MR) is 90.5 cm³/mol. The Bertz CT molecular complexity index is 549. The van der Waals surface area contributed by atoms with E-state index in [1.807, 2.05) is 44.2 Å². The number of nitrogens with zero attached hydrogens (tertiary/aromatic N) is 1. The summed E-state index contributed by atoms with van der Waals surface area (Å²) in [6.07, 6.45) is 0.0523. The molecule has 2 rings (SSSR count). The summed E-state index contributed by atoms with van der Waals surface area (Å²) >= 11 is 0. The van der Waals surface area contributed by atoms with Gasteiger partial charge in [-0.2, -0.15) is 0 Å². The van der Waals surface area contributed by atoms with Crippen molar-refractivity contribution in [1.82, 2.24) is 10.2 Å². The van der Waals surface area contributed by atoms with Crippen LogP contribution in [0.1, 0.15) is 25.8 Å². The lowest BCUT2D eigenvalue weighted by Gasteiger charge is -2.33. The van der Waals surface area contributed by atoms with Gasteiger partial charge in [0.1, 0.15) is 12.1 Å². The SMILES string of the molecule is CC[C@H](C)[C@H](NC(=O)[C@@H]1CN(Cc2ccccc2)CCO1)C(=O)O. The molecule has 0 unspecified atom stereocenters. The van der Waals surface area contributed by atoms with Crippen LogP contribution in [0.4, 0.5) is 0 Å². The van der Waals surface area contributed by atoms with Gasteiger partial charge >= 0.3 is 5.97 Å². The zero-order valence-electron chi connectivity index (χ0n) is 14.3. The average Bonchev–Trinajstić information content (AvgIpc) is 2.59. The van der Waals surface area contributed by atoms with E-state index in [1.165, 1.54) is 5.56 Å². The highest BCUT2D eigenvalue weighted by Gasteiger charge is 2.31. The quantitative estimate of drug-likeness (QED) is 0.790. The van der Waals surface area contributed by atoms with Crippen LogP contribution in [0.2, 0.25) is 0 Å². The van der Waals surface area contributed by atoms with Crippen molar-refractivity contribution < 1.29 is 19.4 Å². The molecule has 0 spiro atoms. The molecule has 0 radical (unpaired) electrons. The van der Waals surface area contributed by atoms with Crippen molar-refractivity contribution >= 4 is 11.9 Å². The normalized spacial score (nSPS) is 21.0. The number of benzene rings is 1. The number of hydrogen-bond donors (Lipinski definition) is 2. The van der Waals surface area contributed by atoms with Crippen LogP contribution < -0.4 is 5.32 Å². The van der Waals surface area contributed by atoms with Gasteiger partial charge in [0.25, 0.3) is 5.91 Å². The number of carbonyl (C=O) groups is 2. The third-order valence-corrected chi connectivity index (χ3v) is 4.47. The van der Waals surface area contributed by atoms with Gasteiger partial charge in [-0.15, -0.1) is 0 Å². The molecule has 6 nitrogen and oxygen atoms in total. The van der Waals surface area contributed by atoms with Crippen molar-refractivity contribution in [3.8, 4) is 0 Å². The fraction of sp³-hybridized carbons (Fsp3) is 0.556. The second-order valence-electron chi connectivity index (χ2n) is 6.29. The molecule has 1 heterocycles. The Labute approximate surface area is 142 Å². The van der Waals surface area contributed by atoms with E-state index in [1.54, 1.807) is 0 Å². The van der Waals surface area contributed by atoms with Gasteiger partial charge in [0, 0.05) is 19.6 Å². The van der Waals surface area contributed by atoms with Crippen molar-refractivity contribution in [2.24, 2.45) is 5.92 Å². The molecule has 2 N–H and O–H groups in total. The van der Waals surface area contributed by atoms with E-state index in [2.05, 4.69) is 10.2 Å². The van der Waals surface area contributed by atoms with Crippen molar-refractivity contribution in [2.75, 3.05) is 19.7 Å². The Morgan fingerprint density at radius 3 is 2.71 bits per heavy atom. The number of nitrogens with one attached hydrogen (secondary N) is 1. The van der Waals surface area contributed by atoms with Gasteiger partial charge < -0.3 is 15.2 Å². The predicted octanol–water partition coefficient (Wildman–Crippen LogP) is 1.50. The highest BCUT2D eigenvalue weighted by molar-refractivity contribution is 5.86. The minimum Gasteiger partial charge on any atom is -0.480 e. The molecule has 0 bridgehead atoms. The zero-order chi connectivity index (χ0) is 17.5. The minimum atomic E-state index is -1.00. The molecule has 1 saturated heterocycles. The second kappa shape index (κ2) is 8.80. The van der Waals surface area contributed by atoms with Crippen LogP contribution in [0.5, 0.6) is 0 Å². The van der Waals surface area contributed by atoms with Crippen LogP contribution in [-0.2, 0) is 20.9 Å². The van der Waals surface area contributed by atoms with Gasteiger partial charge in [-0.1, -0.05) is 50.6 Å². The number of hydrogen-bond acceptors (Lipinski definition) is 4. The minimum absolute atomic E-state index is 0.129. The van der Waals surface area contributed by atoms with Crippen LogP contribution in [-0.4, -0.2) is 53.7 Å². The summed E-state index contributed by atoms with van der Waals surface area (Å²) in [5.41, 5.74) is 1.18. The maximum atomic E-state index is 12.4. The first kappa shape index (κ1) is 18.4. The van der Waals surface area contributed by atoms with Gasteiger partial charge in [0.2, 0.25) is 0 Å². The first-order valence-corrected chi connectivity index (χ1v) is 8.42. The molecule has 1 aromatic rings. The summed E-state index contributed by atoms with van der Waals surface area (Å²) in [5, 5.41) is 11.9. The number of carboxylic acid groups (broad SMARTS) is 1. The molecule has 1 aliphatic heterocycles. The second-order valence-corrected chi connectivity index (χ2v) is 6.29. The molecule has 0 aromatic heterocycles. The van der Waals surface area contributed by atoms with Crippen molar-refractivity contribution in [3.05, 3.63) is 35.9 Å². The maximum Gasteiger partial charge on any atom is 0.326 e. The van der Waals surface area contributed by atoms with Gasteiger partial charge in [0.15, 0.2) is 0 Å². The number of amides is 1. The fourth-order valence-electron chi connectivity index (χ4n) is 2.78. The topological polar surface area (TPSA) is 78.9 Å². The highest BCUT2D eigenvalue weighted by atomic mass is 16.5. The van der Waals surface area contributed by atoms with E-state index >= 15 is 0 Å². The van der Waals surface area contributed by atoms with Crippen LogP contribution in [0, 0.1) is 5.92 Å². The van der Waals surface area contributed by atoms with Crippen molar-refractivity contribution in [3.63, 3.8) is 0 Å². The summed E-state index contributed by atoms with van der Waals surface area (Å²) in [4.78, 5) is 25.9. The largest absolute Gasteiger partial charge is 0.480 e. The lowest BCUT2D eigenvalue weighted by atomic mass is 9.99. The van der Waals surface area contributed by atoms with E-state index in [-0.39, 0.29) is 11.8 Å². The van der Waals surface area contributed by atoms with Crippen molar-refractivity contribution in [1.29, 1.82) is 0 Å². The monoisotopic (exact) mass is 334 g/mol. The fourth-order valence-corrected chi connectivity index (χ4v) is 2.78. The molecule has 24 heavy (non-hydrogen) atoms. The zero-order valence-corrected chi connectivity index (χ0v) is 14.3. The first-order valence-electron chi connectivity index (χ1n) is 8.42. The lowest BCUT2D eigenvalue weighted by molar-refractivity contribution is -0.148. The van der Waals surface area contributed by atoms with Crippen LogP contribution in [0.15, 0.2) is 30.3 Å². The number of rotatable bonds is 7. The average molecular weight is 334 g/mol. The van der Waals surface area contributed by atoms with E-state index < -0.39 is 18.1 Å². The van der Waals surface area contributed by atoms with Gasteiger partial charge in [-0.3, -0.25) is 9.69 Å². The highest BCUT2D eigenvalue weighted by Crippen LogP contribution is 2.13. The molecule has 1 amide bonds. The number of aliphatic carboxylic acids is 1. The number of carbonyl (C=O) groups excluding carboxylic acids is 1. The summed E-state index contributed by atoms with van der Waals surface area (Å²) in [6, 6.07) is 9.17. The summed E-state index contributed by atoms with van der Waals surface area (Å²) in [7, 11) is 0. The van der Waals surface area contributed by atoms with E-state index in [4.69, 9.17) is 4.74 Å². The molecule has 0 aliphatic carbocycles. The Kier molecular flexibility index (Phi) is 6.75. The molecule has 6 heteroatoms. The van der Waals surface area contributed by atoms with Crippen LogP contribution >= 0.6 is 0 Å². The summed E-state index contributed by atoms with van der Waals surface area (Å²) in [6.45, 7) is 6.17. The Morgan fingerprint density at radius 1 is 1.38 bits per heavy atom. The molecular weight excluding hydrogens is 308 g/mol. The van der Waals surface area contributed by atoms with E-state index in [9.17, 15) is 14.7 Å². The molecule has 3 atom stereocenters. The number of morpholine rings is 1. The molecule has 1 aromatic carbocycles. The molecule has 132 valence electrons. The van der Waals surface area contributed by atoms with E-state index in [0.717, 1.165) is 13.1 Å². The van der Waals surface area contributed by atoms with Crippen molar-refractivity contribution in [2.45, 2.75) is 39.0 Å². The third-order valence-electron chi connectivity index (χ3n) is 4.47.